The van der Waals surface area contributed by atoms with Gasteiger partial charge in [-0.1, -0.05) is 35.3 Å². The molecule has 142 valence electrons. The molecular weight excluding hydrogens is 387 g/mol. The summed E-state index contributed by atoms with van der Waals surface area (Å²) in [5.41, 5.74) is 1.61. The number of hydrogen-bond donors (Lipinski definition) is 0. The van der Waals surface area contributed by atoms with Crippen molar-refractivity contribution in [3.05, 3.63) is 73.8 Å². The number of non-ortho nitro benzene ring substituents is 1. The summed E-state index contributed by atoms with van der Waals surface area (Å²) < 4.78 is 0. The Labute approximate surface area is 168 Å². The van der Waals surface area contributed by atoms with Crippen molar-refractivity contribution in [2.24, 2.45) is 5.92 Å². The van der Waals surface area contributed by atoms with Gasteiger partial charge >= 0.3 is 0 Å². The number of nitro groups is 1. The van der Waals surface area contributed by atoms with Crippen molar-refractivity contribution in [3.63, 3.8) is 0 Å². The third kappa shape index (κ3) is 4.49. The van der Waals surface area contributed by atoms with E-state index in [4.69, 9.17) is 23.2 Å². The van der Waals surface area contributed by atoms with E-state index < -0.39 is 0 Å². The van der Waals surface area contributed by atoms with E-state index in [0.29, 0.717) is 15.6 Å². The van der Waals surface area contributed by atoms with Crippen molar-refractivity contribution in [3.8, 4) is 0 Å². The van der Waals surface area contributed by atoms with Gasteiger partial charge in [-0.3, -0.25) is 19.8 Å². The van der Waals surface area contributed by atoms with Crippen molar-refractivity contribution in [1.29, 1.82) is 0 Å². The number of nitro benzene ring substituents is 1. The van der Waals surface area contributed by atoms with Crippen LogP contribution in [-0.4, -0.2) is 28.7 Å². The highest BCUT2D eigenvalue weighted by Crippen LogP contribution is 2.31. The average molecular weight is 407 g/mol. The lowest BCUT2D eigenvalue weighted by atomic mass is 9.88. The molecule has 1 heterocycles. The monoisotopic (exact) mass is 406 g/mol. The second-order valence-corrected chi connectivity index (χ2v) is 7.65. The molecule has 0 aliphatic carbocycles. The number of carbonyl (C=O) groups excluding carboxylic acids is 1. The van der Waals surface area contributed by atoms with Gasteiger partial charge in [0.25, 0.3) is 5.69 Å². The van der Waals surface area contributed by atoms with Crippen LogP contribution in [0.25, 0.3) is 0 Å². The summed E-state index contributed by atoms with van der Waals surface area (Å²) in [6.45, 7) is 3.57. The summed E-state index contributed by atoms with van der Waals surface area (Å²) in [4.78, 5) is 25.6. The fraction of sp³-hybridized carbons (Fsp3) is 0.350. The maximum Gasteiger partial charge on any atom is 0.269 e. The van der Waals surface area contributed by atoms with Gasteiger partial charge in [0.05, 0.1) is 15.0 Å². The van der Waals surface area contributed by atoms with Crippen molar-refractivity contribution in [1.82, 2.24) is 4.90 Å². The minimum atomic E-state index is -0.377. The van der Waals surface area contributed by atoms with Crippen LogP contribution >= 0.6 is 23.2 Å². The van der Waals surface area contributed by atoms with E-state index in [1.54, 1.807) is 30.3 Å². The summed E-state index contributed by atoms with van der Waals surface area (Å²) in [6.07, 6.45) is 1.50. The second kappa shape index (κ2) is 8.38. The van der Waals surface area contributed by atoms with Crippen molar-refractivity contribution in [2.45, 2.75) is 25.8 Å². The fourth-order valence-electron chi connectivity index (χ4n) is 3.54. The normalized spacial score (nSPS) is 16.9. The number of nitrogens with zero attached hydrogens (tertiary/aromatic N) is 2. The highest BCUT2D eigenvalue weighted by molar-refractivity contribution is 6.42. The lowest BCUT2D eigenvalue weighted by molar-refractivity contribution is -0.385. The minimum Gasteiger partial charge on any atom is -0.297 e. The zero-order chi connectivity index (χ0) is 19.6. The van der Waals surface area contributed by atoms with Gasteiger partial charge in [-0.2, -0.15) is 0 Å². The molecule has 5 nitrogen and oxygen atoms in total. The number of carbonyl (C=O) groups is 1. The van der Waals surface area contributed by atoms with Gasteiger partial charge in [0.1, 0.15) is 0 Å². The Morgan fingerprint density at radius 1 is 1.15 bits per heavy atom. The molecule has 1 fully saturated rings. The Morgan fingerprint density at radius 3 is 2.48 bits per heavy atom. The molecule has 0 N–H and O–H groups in total. The number of likely N-dealkylation sites (tertiary alicyclic amines) is 1. The highest BCUT2D eigenvalue weighted by atomic mass is 35.5. The molecule has 2 aromatic rings. The van der Waals surface area contributed by atoms with Crippen LogP contribution in [0.15, 0.2) is 42.5 Å². The molecule has 0 bridgehead atoms. The zero-order valence-electron chi connectivity index (χ0n) is 14.9. The minimum absolute atomic E-state index is 0.0456. The molecule has 0 saturated carbocycles. The quantitative estimate of drug-likeness (QED) is 0.370. The van der Waals surface area contributed by atoms with E-state index >= 15 is 0 Å². The standard InChI is InChI=1S/C20H20Cl2N2O3/c1-13(15-3-2-4-17(11-15)24(26)27)23-9-7-14(8-10-23)20(25)16-5-6-18(21)19(22)12-16/h2-6,11-14H,7-10H2,1H3. The molecule has 1 unspecified atom stereocenters. The third-order valence-corrected chi connectivity index (χ3v) is 5.95. The Morgan fingerprint density at radius 2 is 1.85 bits per heavy atom. The van der Waals surface area contributed by atoms with Gasteiger partial charge in [-0.25, -0.2) is 0 Å². The van der Waals surface area contributed by atoms with Gasteiger partial charge in [-0.15, -0.1) is 0 Å². The summed E-state index contributed by atoms with van der Waals surface area (Å²) in [7, 11) is 0. The van der Waals surface area contributed by atoms with Gasteiger partial charge < -0.3 is 0 Å². The van der Waals surface area contributed by atoms with Crippen LogP contribution in [-0.2, 0) is 0 Å². The van der Waals surface area contributed by atoms with E-state index in [2.05, 4.69) is 4.90 Å². The Hall–Kier alpha value is -1.95. The van der Waals surface area contributed by atoms with Crippen LogP contribution in [0.3, 0.4) is 0 Å². The van der Waals surface area contributed by atoms with E-state index in [-0.39, 0.29) is 28.4 Å². The summed E-state index contributed by atoms with van der Waals surface area (Å²) in [6, 6.07) is 11.8. The predicted molar refractivity (Wildman–Crippen MR) is 107 cm³/mol. The van der Waals surface area contributed by atoms with Gasteiger partial charge in [0.2, 0.25) is 0 Å². The molecule has 1 aliphatic heterocycles. The Kier molecular flexibility index (Phi) is 6.15. The maximum atomic E-state index is 12.7. The van der Waals surface area contributed by atoms with Crippen LogP contribution in [0.4, 0.5) is 5.69 Å². The number of ketones is 1. The SMILES string of the molecule is CC(c1cccc([N+](=O)[O-])c1)N1CCC(C(=O)c2ccc(Cl)c(Cl)c2)CC1. The average Bonchev–Trinajstić information content (AvgIpc) is 2.69. The van der Waals surface area contributed by atoms with Crippen molar-refractivity contribution >= 4 is 34.7 Å². The van der Waals surface area contributed by atoms with Gasteiger partial charge in [0.15, 0.2) is 5.78 Å². The fourth-order valence-corrected chi connectivity index (χ4v) is 3.84. The molecule has 1 atom stereocenters. The number of Topliss-reactive ketones (excluding diaryl/α,β-unsaturated/α-hetero) is 1. The van der Waals surface area contributed by atoms with Crippen LogP contribution < -0.4 is 0 Å². The molecule has 7 heteroatoms. The summed E-state index contributed by atoms with van der Waals surface area (Å²) in [5.74, 6) is 0.0482. The number of benzene rings is 2. The van der Waals surface area contributed by atoms with Crippen LogP contribution in [0.5, 0.6) is 0 Å². The molecule has 1 aliphatic rings. The molecule has 1 saturated heterocycles. The molecule has 3 rings (SSSR count). The first-order valence-electron chi connectivity index (χ1n) is 8.84. The molecule has 0 radical (unpaired) electrons. The van der Waals surface area contributed by atoms with Gasteiger partial charge in [0, 0.05) is 29.7 Å². The molecule has 2 aromatic carbocycles. The molecule has 0 aromatic heterocycles. The molecule has 0 amide bonds. The first-order valence-corrected chi connectivity index (χ1v) is 9.60. The lowest BCUT2D eigenvalue weighted by Gasteiger charge is -2.35. The van der Waals surface area contributed by atoms with Crippen molar-refractivity contribution in [2.75, 3.05) is 13.1 Å². The zero-order valence-corrected chi connectivity index (χ0v) is 16.4. The molecular formula is C20H20Cl2N2O3. The third-order valence-electron chi connectivity index (χ3n) is 5.22. The van der Waals surface area contributed by atoms with Crippen LogP contribution in [0.1, 0.15) is 41.7 Å². The summed E-state index contributed by atoms with van der Waals surface area (Å²) in [5, 5.41) is 11.8. The first-order chi connectivity index (χ1) is 12.9. The Bertz CT molecular complexity index is 864. The van der Waals surface area contributed by atoms with E-state index in [1.165, 1.54) is 6.07 Å². The largest absolute Gasteiger partial charge is 0.297 e. The van der Waals surface area contributed by atoms with E-state index in [1.807, 2.05) is 13.0 Å². The Balaban J connectivity index is 1.64. The smallest absolute Gasteiger partial charge is 0.269 e. The van der Waals surface area contributed by atoms with E-state index in [0.717, 1.165) is 31.5 Å². The summed E-state index contributed by atoms with van der Waals surface area (Å²) >= 11 is 11.9. The van der Waals surface area contributed by atoms with E-state index in [9.17, 15) is 14.9 Å². The number of halogens is 2. The van der Waals surface area contributed by atoms with Crippen LogP contribution in [0, 0.1) is 16.0 Å². The molecule has 27 heavy (non-hydrogen) atoms. The molecule has 0 spiro atoms. The second-order valence-electron chi connectivity index (χ2n) is 6.83. The first kappa shape index (κ1) is 19.8. The predicted octanol–water partition coefficient (Wildman–Crippen LogP) is 5.56. The van der Waals surface area contributed by atoms with Gasteiger partial charge in [-0.05, 0) is 56.6 Å². The highest BCUT2D eigenvalue weighted by Gasteiger charge is 2.29. The number of piperidine rings is 1. The van der Waals surface area contributed by atoms with Crippen LogP contribution in [0.2, 0.25) is 10.0 Å². The number of hydrogen-bond acceptors (Lipinski definition) is 4. The topological polar surface area (TPSA) is 63.5 Å². The lowest BCUT2D eigenvalue weighted by Crippen LogP contribution is -2.38. The van der Waals surface area contributed by atoms with Crippen molar-refractivity contribution < 1.29 is 9.72 Å². The maximum absolute atomic E-state index is 12.7. The number of rotatable bonds is 5.